The van der Waals surface area contributed by atoms with Crippen molar-refractivity contribution < 1.29 is 27.6 Å². The Morgan fingerprint density at radius 1 is 1.06 bits per heavy atom. The SMILES string of the molecule is Cl.O=C1CC(NC(=O)C(F)(F)F)C(=O)N1Cc1cccc(-c2ccc3ncnc(NC4CC4)c3c2)c1. The van der Waals surface area contributed by atoms with Gasteiger partial charge in [0.15, 0.2) is 0 Å². The molecule has 1 unspecified atom stereocenters. The quantitative estimate of drug-likeness (QED) is 0.482. The molecule has 5 rings (SSSR count). The number of alkyl halides is 3. The van der Waals surface area contributed by atoms with Crippen LogP contribution in [0.3, 0.4) is 0 Å². The summed E-state index contributed by atoms with van der Waals surface area (Å²) in [5.41, 5.74) is 3.12. The first-order valence-electron chi connectivity index (χ1n) is 11.0. The van der Waals surface area contributed by atoms with Gasteiger partial charge in [-0.3, -0.25) is 19.3 Å². The van der Waals surface area contributed by atoms with E-state index in [0.717, 1.165) is 45.6 Å². The highest BCUT2D eigenvalue weighted by Crippen LogP contribution is 2.31. The molecule has 0 spiro atoms. The van der Waals surface area contributed by atoms with Gasteiger partial charge in [-0.2, -0.15) is 13.2 Å². The number of nitrogens with one attached hydrogen (secondary N) is 2. The number of rotatable bonds is 6. The van der Waals surface area contributed by atoms with Gasteiger partial charge in [0.25, 0.3) is 5.91 Å². The van der Waals surface area contributed by atoms with Crippen molar-refractivity contribution in [2.75, 3.05) is 5.32 Å². The van der Waals surface area contributed by atoms with Gasteiger partial charge in [-0.1, -0.05) is 24.3 Å². The number of imide groups is 1. The van der Waals surface area contributed by atoms with E-state index in [1.54, 1.807) is 23.5 Å². The second-order valence-electron chi connectivity index (χ2n) is 8.62. The third kappa shape index (κ3) is 5.25. The van der Waals surface area contributed by atoms with Gasteiger partial charge in [-0.25, -0.2) is 9.97 Å². The first-order chi connectivity index (χ1) is 16.7. The van der Waals surface area contributed by atoms with Crippen LogP contribution in [0.25, 0.3) is 22.0 Å². The largest absolute Gasteiger partial charge is 0.471 e. The lowest BCUT2D eigenvalue weighted by molar-refractivity contribution is -0.174. The molecule has 3 amide bonds. The summed E-state index contributed by atoms with van der Waals surface area (Å²) >= 11 is 0. The van der Waals surface area contributed by atoms with Crippen LogP contribution >= 0.6 is 12.4 Å². The number of carbonyl (C=O) groups is 3. The molecule has 1 aliphatic carbocycles. The normalized spacial score (nSPS) is 17.8. The Balaban J connectivity index is 0.00000304. The van der Waals surface area contributed by atoms with Crippen molar-refractivity contribution in [3.8, 4) is 11.1 Å². The van der Waals surface area contributed by atoms with Crippen LogP contribution < -0.4 is 10.6 Å². The van der Waals surface area contributed by atoms with Crippen molar-refractivity contribution in [1.29, 1.82) is 0 Å². The average Bonchev–Trinajstić information content (AvgIpc) is 3.61. The number of halogens is 4. The lowest BCUT2D eigenvalue weighted by Gasteiger charge is -2.17. The van der Waals surface area contributed by atoms with Gasteiger partial charge >= 0.3 is 12.1 Å². The maximum atomic E-state index is 12.5. The van der Waals surface area contributed by atoms with Crippen LogP contribution in [0.5, 0.6) is 0 Å². The van der Waals surface area contributed by atoms with Gasteiger partial charge in [0.05, 0.1) is 18.5 Å². The predicted molar refractivity (Wildman–Crippen MR) is 127 cm³/mol. The standard InChI is InChI=1S/C24H20F3N5O3.ClH/c25-24(26,27)23(35)31-19-10-20(33)32(22(19)34)11-13-2-1-3-14(8-13)15-4-7-18-17(9-15)21(29-12-28-18)30-16-5-6-16;/h1-4,7-9,12,16,19H,5-6,10-11H2,(H,31,35)(H,28,29,30);1H. The zero-order valence-corrected chi connectivity index (χ0v) is 19.5. The molecule has 3 aromatic rings. The van der Waals surface area contributed by atoms with E-state index in [1.165, 1.54) is 6.33 Å². The summed E-state index contributed by atoms with van der Waals surface area (Å²) in [4.78, 5) is 45.6. The number of hydrogen-bond donors (Lipinski definition) is 2. The molecule has 0 bridgehead atoms. The molecule has 1 atom stereocenters. The van der Waals surface area contributed by atoms with Crippen LogP contribution in [-0.4, -0.2) is 50.8 Å². The number of hydrogen-bond acceptors (Lipinski definition) is 6. The molecule has 8 nitrogen and oxygen atoms in total. The van der Waals surface area contributed by atoms with Crippen LogP contribution in [0.4, 0.5) is 19.0 Å². The molecular formula is C24H21ClF3N5O3. The van der Waals surface area contributed by atoms with Gasteiger partial charge in [0, 0.05) is 11.4 Å². The highest BCUT2D eigenvalue weighted by Gasteiger charge is 2.45. The molecule has 2 aliphatic rings. The highest BCUT2D eigenvalue weighted by atomic mass is 35.5. The molecule has 36 heavy (non-hydrogen) atoms. The van der Waals surface area contributed by atoms with E-state index in [9.17, 15) is 27.6 Å². The molecule has 12 heteroatoms. The molecule has 2 N–H and O–H groups in total. The van der Waals surface area contributed by atoms with Crippen molar-refractivity contribution >= 4 is 46.8 Å². The Bertz CT molecular complexity index is 1350. The molecular weight excluding hydrogens is 499 g/mol. The van der Waals surface area contributed by atoms with Crippen molar-refractivity contribution in [1.82, 2.24) is 20.2 Å². The van der Waals surface area contributed by atoms with Crippen LogP contribution in [0, 0.1) is 0 Å². The lowest BCUT2D eigenvalue weighted by atomic mass is 10.0. The maximum absolute atomic E-state index is 12.5. The first kappa shape index (κ1) is 25.4. The number of benzene rings is 2. The number of carbonyl (C=O) groups excluding carboxylic acids is 3. The summed E-state index contributed by atoms with van der Waals surface area (Å²) < 4.78 is 37.6. The molecule has 2 aromatic carbocycles. The molecule has 2 fully saturated rings. The Morgan fingerprint density at radius 3 is 2.53 bits per heavy atom. The van der Waals surface area contributed by atoms with E-state index in [2.05, 4.69) is 15.3 Å². The fraction of sp³-hybridized carbons (Fsp3) is 0.292. The first-order valence-corrected chi connectivity index (χ1v) is 11.0. The Morgan fingerprint density at radius 2 is 1.81 bits per heavy atom. The minimum Gasteiger partial charge on any atom is -0.367 e. The van der Waals surface area contributed by atoms with Crippen molar-refractivity contribution in [2.45, 2.75) is 44.1 Å². The molecule has 1 saturated heterocycles. The molecule has 1 saturated carbocycles. The smallest absolute Gasteiger partial charge is 0.367 e. The number of likely N-dealkylation sites (tertiary alicyclic amines) is 1. The number of aromatic nitrogens is 2. The Kier molecular flexibility index (Phi) is 6.85. The summed E-state index contributed by atoms with van der Waals surface area (Å²) in [6.07, 6.45) is -1.93. The zero-order valence-electron chi connectivity index (χ0n) is 18.7. The van der Waals surface area contributed by atoms with E-state index < -0.39 is 36.4 Å². The van der Waals surface area contributed by atoms with Crippen LogP contribution in [-0.2, 0) is 20.9 Å². The number of nitrogens with zero attached hydrogens (tertiary/aromatic N) is 3. The maximum Gasteiger partial charge on any atom is 0.471 e. The van der Waals surface area contributed by atoms with Crippen LogP contribution in [0.2, 0.25) is 0 Å². The summed E-state index contributed by atoms with van der Waals surface area (Å²) in [5.74, 6) is -3.00. The molecule has 2 heterocycles. The summed E-state index contributed by atoms with van der Waals surface area (Å²) in [6, 6.07) is 11.8. The van der Waals surface area contributed by atoms with Crippen molar-refractivity contribution in [3.63, 3.8) is 0 Å². The number of anilines is 1. The van der Waals surface area contributed by atoms with E-state index in [-0.39, 0.29) is 19.0 Å². The third-order valence-electron chi connectivity index (χ3n) is 5.96. The lowest BCUT2D eigenvalue weighted by Crippen LogP contribution is -2.46. The van der Waals surface area contributed by atoms with Gasteiger partial charge in [-0.05, 0) is 47.7 Å². The minimum atomic E-state index is -5.13. The topological polar surface area (TPSA) is 104 Å². The fourth-order valence-electron chi connectivity index (χ4n) is 4.01. The van der Waals surface area contributed by atoms with Gasteiger partial charge in [-0.15, -0.1) is 12.4 Å². The summed E-state index contributed by atoms with van der Waals surface area (Å²) in [6.45, 7) is -0.116. The zero-order chi connectivity index (χ0) is 24.7. The predicted octanol–water partition coefficient (Wildman–Crippen LogP) is 3.60. The fourth-order valence-corrected chi connectivity index (χ4v) is 4.01. The summed E-state index contributed by atoms with van der Waals surface area (Å²) in [5, 5.41) is 5.87. The van der Waals surface area contributed by atoms with Gasteiger partial charge in [0.1, 0.15) is 18.2 Å². The van der Waals surface area contributed by atoms with E-state index in [1.807, 2.05) is 24.3 Å². The van der Waals surface area contributed by atoms with Crippen LogP contribution in [0.15, 0.2) is 48.8 Å². The van der Waals surface area contributed by atoms with Crippen molar-refractivity contribution in [2.24, 2.45) is 0 Å². The second kappa shape index (κ2) is 9.73. The number of fused-ring (bicyclic) bond motifs is 1. The average molecular weight is 520 g/mol. The second-order valence-corrected chi connectivity index (χ2v) is 8.62. The Labute approximate surface area is 209 Å². The highest BCUT2D eigenvalue weighted by molar-refractivity contribution is 6.07. The minimum absolute atomic E-state index is 0. The van der Waals surface area contributed by atoms with E-state index in [0.29, 0.717) is 11.6 Å². The Hall–Kier alpha value is -3.73. The van der Waals surface area contributed by atoms with E-state index >= 15 is 0 Å². The third-order valence-corrected chi connectivity index (χ3v) is 5.96. The number of amides is 3. The van der Waals surface area contributed by atoms with Gasteiger partial charge < -0.3 is 10.6 Å². The summed E-state index contributed by atoms with van der Waals surface area (Å²) in [7, 11) is 0. The van der Waals surface area contributed by atoms with Crippen LogP contribution in [0.1, 0.15) is 24.8 Å². The molecule has 1 aromatic heterocycles. The molecule has 0 radical (unpaired) electrons. The monoisotopic (exact) mass is 519 g/mol. The van der Waals surface area contributed by atoms with Crippen molar-refractivity contribution in [3.05, 3.63) is 54.4 Å². The molecule has 188 valence electrons. The van der Waals surface area contributed by atoms with E-state index in [4.69, 9.17) is 0 Å². The van der Waals surface area contributed by atoms with Gasteiger partial charge in [0.2, 0.25) is 5.91 Å². The molecule has 1 aliphatic heterocycles.